The van der Waals surface area contributed by atoms with Gasteiger partial charge in [-0.25, -0.2) is 0 Å². The van der Waals surface area contributed by atoms with Crippen molar-refractivity contribution in [2.75, 3.05) is 43.9 Å². The molecule has 9 heteroatoms. The lowest BCUT2D eigenvalue weighted by molar-refractivity contribution is -0.119. The van der Waals surface area contributed by atoms with Gasteiger partial charge in [-0.3, -0.25) is 9.69 Å². The summed E-state index contributed by atoms with van der Waals surface area (Å²) in [5, 5.41) is 15.7. The van der Waals surface area contributed by atoms with Crippen molar-refractivity contribution in [2.24, 2.45) is 0 Å². The van der Waals surface area contributed by atoms with Gasteiger partial charge in [-0.05, 0) is 31.4 Å². The average Bonchev–Trinajstić information content (AvgIpc) is 3.26. The summed E-state index contributed by atoms with van der Waals surface area (Å²) in [5.74, 6) is 0.421. The molecule has 2 aliphatic rings. The van der Waals surface area contributed by atoms with E-state index in [0.29, 0.717) is 5.75 Å². The fourth-order valence-corrected chi connectivity index (χ4v) is 6.03. The van der Waals surface area contributed by atoms with Gasteiger partial charge in [0.1, 0.15) is 0 Å². The summed E-state index contributed by atoms with van der Waals surface area (Å²) in [7, 11) is 0. The summed E-state index contributed by atoms with van der Waals surface area (Å²) >= 11 is 2.92. The van der Waals surface area contributed by atoms with Gasteiger partial charge in [-0.2, -0.15) is 0 Å². The first kappa shape index (κ1) is 22.5. The molecule has 2 aromatic rings. The van der Waals surface area contributed by atoms with E-state index in [1.165, 1.54) is 42.4 Å². The van der Waals surface area contributed by atoms with Crippen molar-refractivity contribution in [3.8, 4) is 0 Å². The van der Waals surface area contributed by atoms with Gasteiger partial charge in [0.2, 0.25) is 11.0 Å². The van der Waals surface area contributed by atoms with Crippen molar-refractivity contribution < 1.29 is 9.53 Å². The van der Waals surface area contributed by atoms with Crippen LogP contribution in [0.3, 0.4) is 0 Å². The number of hydrogen-bond donors (Lipinski definition) is 2. The Morgan fingerprint density at radius 1 is 1.19 bits per heavy atom. The van der Waals surface area contributed by atoms with Crippen LogP contribution in [0, 0.1) is 6.92 Å². The summed E-state index contributed by atoms with van der Waals surface area (Å²) < 4.78 is 6.34. The second-order valence-corrected chi connectivity index (χ2v) is 10.5. The normalized spacial score (nSPS) is 19.1. The third-order valence-electron chi connectivity index (χ3n) is 6.20. The van der Waals surface area contributed by atoms with Crippen LogP contribution >= 0.6 is 23.1 Å². The van der Waals surface area contributed by atoms with Crippen LogP contribution in [0.25, 0.3) is 0 Å². The van der Waals surface area contributed by atoms with Crippen LogP contribution in [0.1, 0.15) is 37.7 Å². The zero-order valence-electron chi connectivity index (χ0n) is 18.1. The molecule has 0 bridgehead atoms. The van der Waals surface area contributed by atoms with E-state index in [9.17, 15) is 4.79 Å². The number of hydrogen-bond acceptors (Lipinski definition) is 8. The van der Waals surface area contributed by atoms with E-state index in [1.54, 1.807) is 0 Å². The number of carbonyl (C=O) groups excluding carboxylic acids is 1. The number of nitrogens with one attached hydrogen (secondary N) is 2. The summed E-state index contributed by atoms with van der Waals surface area (Å²) in [6.07, 6.45) is 6.09. The molecule has 1 saturated heterocycles. The lowest BCUT2D eigenvalue weighted by Gasteiger charge is -2.48. The smallest absolute Gasteiger partial charge is 0.230 e. The van der Waals surface area contributed by atoms with Crippen LogP contribution < -0.4 is 10.6 Å². The Morgan fingerprint density at radius 2 is 1.97 bits per heavy atom. The molecule has 1 saturated carbocycles. The molecular weight excluding hydrogens is 430 g/mol. The fraction of sp³-hybridized carbons (Fsp3) is 0.591. The number of benzene rings is 1. The molecule has 2 N–H and O–H groups in total. The largest absolute Gasteiger partial charge is 0.379 e. The monoisotopic (exact) mass is 461 g/mol. The zero-order valence-corrected chi connectivity index (χ0v) is 19.7. The highest BCUT2D eigenvalue weighted by molar-refractivity contribution is 8.01. The van der Waals surface area contributed by atoms with E-state index < -0.39 is 0 Å². The number of carbonyl (C=O) groups is 1. The Bertz CT molecular complexity index is 863. The topological polar surface area (TPSA) is 79.4 Å². The molecule has 1 amide bonds. The average molecular weight is 462 g/mol. The first-order chi connectivity index (χ1) is 15.1. The van der Waals surface area contributed by atoms with Crippen LogP contribution in [0.15, 0.2) is 28.6 Å². The van der Waals surface area contributed by atoms with Crippen molar-refractivity contribution in [3.63, 3.8) is 0 Å². The van der Waals surface area contributed by atoms with E-state index in [4.69, 9.17) is 4.74 Å². The Balaban J connectivity index is 1.27. The highest BCUT2D eigenvalue weighted by Gasteiger charge is 2.38. The van der Waals surface area contributed by atoms with Crippen LogP contribution in [0.4, 0.5) is 10.8 Å². The summed E-state index contributed by atoms with van der Waals surface area (Å²) in [6.45, 7) is 6.29. The van der Waals surface area contributed by atoms with Gasteiger partial charge >= 0.3 is 0 Å². The summed E-state index contributed by atoms with van der Waals surface area (Å²) in [5.41, 5.74) is 2.27. The maximum absolute atomic E-state index is 12.6. The first-order valence-electron chi connectivity index (χ1n) is 11.0. The van der Waals surface area contributed by atoms with Gasteiger partial charge < -0.3 is 15.4 Å². The van der Waals surface area contributed by atoms with Crippen LogP contribution in [0.2, 0.25) is 0 Å². The molecule has 168 valence electrons. The maximum atomic E-state index is 12.6. The second kappa shape index (κ2) is 10.8. The Hall–Kier alpha value is -1.68. The number of nitrogens with zero attached hydrogens (tertiary/aromatic N) is 3. The third-order valence-corrected chi connectivity index (χ3v) is 8.17. The number of amides is 1. The Kier molecular flexibility index (Phi) is 7.81. The number of para-hydroxylation sites is 1. The highest BCUT2D eigenvalue weighted by atomic mass is 32.2. The standard InChI is InChI=1S/C22H31N5O2S2/c1-17-7-3-4-8-18(17)24-20-25-26-21(31-20)30-15-19(28)23-16-22(9-5-2-6-10-22)27-11-13-29-14-12-27/h3-4,7-8H,2,5-6,9-16H2,1H3,(H,23,28)(H,24,25). The predicted molar refractivity (Wildman–Crippen MR) is 126 cm³/mol. The van der Waals surface area contributed by atoms with Gasteiger partial charge in [0.05, 0.1) is 19.0 Å². The van der Waals surface area contributed by atoms with Gasteiger partial charge in [0.25, 0.3) is 0 Å². The van der Waals surface area contributed by atoms with E-state index in [1.807, 2.05) is 18.2 Å². The molecule has 0 radical (unpaired) electrons. The molecule has 2 fully saturated rings. The SMILES string of the molecule is Cc1ccccc1Nc1nnc(SCC(=O)NCC2(N3CCOCC3)CCCCC2)s1. The highest BCUT2D eigenvalue weighted by Crippen LogP contribution is 2.34. The second-order valence-electron chi connectivity index (χ2n) is 8.26. The first-order valence-corrected chi connectivity index (χ1v) is 12.8. The Morgan fingerprint density at radius 3 is 2.74 bits per heavy atom. The molecule has 0 spiro atoms. The van der Waals surface area contributed by atoms with Gasteiger partial charge in [0.15, 0.2) is 4.34 Å². The summed E-state index contributed by atoms with van der Waals surface area (Å²) in [6, 6.07) is 8.08. The maximum Gasteiger partial charge on any atom is 0.230 e. The number of morpholine rings is 1. The molecule has 31 heavy (non-hydrogen) atoms. The number of rotatable bonds is 8. The van der Waals surface area contributed by atoms with E-state index in [0.717, 1.165) is 66.4 Å². The third kappa shape index (κ3) is 5.97. The molecule has 0 atom stereocenters. The molecule has 7 nitrogen and oxygen atoms in total. The fourth-order valence-electron chi connectivity index (χ4n) is 4.44. The van der Waals surface area contributed by atoms with Crippen LogP contribution in [-0.4, -0.2) is 65.1 Å². The van der Waals surface area contributed by atoms with Crippen molar-refractivity contribution >= 4 is 39.8 Å². The lowest BCUT2D eigenvalue weighted by Crippen LogP contribution is -2.59. The molecule has 1 aliphatic carbocycles. The van der Waals surface area contributed by atoms with Crippen molar-refractivity contribution in [3.05, 3.63) is 29.8 Å². The molecule has 2 heterocycles. The minimum absolute atomic E-state index is 0.0619. The van der Waals surface area contributed by atoms with Gasteiger partial charge in [-0.1, -0.05) is 60.6 Å². The van der Waals surface area contributed by atoms with Gasteiger partial charge in [0, 0.05) is 30.9 Å². The molecule has 0 unspecified atom stereocenters. The predicted octanol–water partition coefficient (Wildman–Crippen LogP) is 3.83. The van der Waals surface area contributed by atoms with E-state index in [-0.39, 0.29) is 11.4 Å². The Labute approximate surface area is 192 Å². The number of aromatic nitrogens is 2. The van der Waals surface area contributed by atoms with Gasteiger partial charge in [-0.15, -0.1) is 10.2 Å². The van der Waals surface area contributed by atoms with Crippen molar-refractivity contribution in [2.45, 2.75) is 48.9 Å². The molecule has 1 aromatic heterocycles. The van der Waals surface area contributed by atoms with Crippen LogP contribution in [0.5, 0.6) is 0 Å². The summed E-state index contributed by atoms with van der Waals surface area (Å²) in [4.78, 5) is 15.1. The molecule has 1 aromatic carbocycles. The zero-order chi connectivity index (χ0) is 21.5. The number of aryl methyl sites for hydroxylation is 1. The number of anilines is 2. The van der Waals surface area contributed by atoms with Crippen molar-refractivity contribution in [1.29, 1.82) is 0 Å². The van der Waals surface area contributed by atoms with E-state index in [2.05, 4.69) is 38.7 Å². The lowest BCUT2D eigenvalue weighted by atomic mass is 9.79. The minimum atomic E-state index is 0.0619. The minimum Gasteiger partial charge on any atom is -0.379 e. The number of thioether (sulfide) groups is 1. The molecule has 4 rings (SSSR count). The van der Waals surface area contributed by atoms with Crippen molar-refractivity contribution in [1.82, 2.24) is 20.4 Å². The quantitative estimate of drug-likeness (QED) is 0.578. The van der Waals surface area contributed by atoms with Crippen LogP contribution in [-0.2, 0) is 9.53 Å². The molecular formula is C22H31N5O2S2. The number of ether oxygens (including phenoxy) is 1. The molecule has 1 aliphatic heterocycles. The van der Waals surface area contributed by atoms with E-state index >= 15 is 0 Å².